The van der Waals surface area contributed by atoms with Crippen LogP contribution >= 0.6 is 0 Å². The summed E-state index contributed by atoms with van der Waals surface area (Å²) in [6, 6.07) is 2.35. The fourth-order valence-corrected chi connectivity index (χ4v) is 5.19. The van der Waals surface area contributed by atoms with Crippen LogP contribution in [0.5, 0.6) is 0 Å². The van der Waals surface area contributed by atoms with Gasteiger partial charge in [0.05, 0.1) is 0 Å². The van der Waals surface area contributed by atoms with Crippen LogP contribution in [0.4, 0.5) is 10.6 Å². The second-order valence-electron chi connectivity index (χ2n) is 11.1. The van der Waals surface area contributed by atoms with Gasteiger partial charge in [-0.3, -0.25) is 4.90 Å². The normalized spacial score (nSPS) is 25.4. The van der Waals surface area contributed by atoms with Gasteiger partial charge in [0.1, 0.15) is 17.7 Å². The van der Waals surface area contributed by atoms with Crippen molar-refractivity contribution in [2.45, 2.75) is 89.5 Å². The predicted molar refractivity (Wildman–Crippen MR) is 125 cm³/mol. The SMILES string of the molecule is CC(C)(C)c1nc(C2CCC2)cc(N2CCN(CCC3CCC(NC(=O)[O-])CC3)CC2)n1. The lowest BCUT2D eigenvalue weighted by Gasteiger charge is -2.37. The molecule has 0 atom stereocenters. The molecule has 0 aromatic carbocycles. The molecule has 0 radical (unpaired) electrons. The third-order valence-electron chi connectivity index (χ3n) is 7.65. The molecule has 32 heavy (non-hydrogen) atoms. The summed E-state index contributed by atoms with van der Waals surface area (Å²) in [5.41, 5.74) is 1.21. The van der Waals surface area contributed by atoms with Gasteiger partial charge in [-0.1, -0.05) is 27.2 Å². The van der Waals surface area contributed by atoms with Crippen LogP contribution < -0.4 is 15.3 Å². The average Bonchev–Trinajstić information content (AvgIpc) is 2.71. The molecule has 0 unspecified atom stereocenters. The maximum Gasteiger partial charge on any atom is 0.136 e. The molecular formula is C25H40N5O2-. The van der Waals surface area contributed by atoms with Crippen LogP contribution in [0, 0.1) is 5.92 Å². The Morgan fingerprint density at radius 1 is 1.06 bits per heavy atom. The predicted octanol–water partition coefficient (Wildman–Crippen LogP) is 3.05. The third-order valence-corrected chi connectivity index (χ3v) is 7.65. The molecule has 2 aliphatic carbocycles. The first-order chi connectivity index (χ1) is 15.3. The van der Waals surface area contributed by atoms with Crippen molar-refractivity contribution in [3.8, 4) is 0 Å². The molecule has 1 aromatic rings. The fraction of sp³-hybridized carbons (Fsp3) is 0.800. The second kappa shape index (κ2) is 9.94. The van der Waals surface area contributed by atoms with Crippen molar-refractivity contribution in [1.29, 1.82) is 0 Å². The number of carbonyl (C=O) groups is 1. The standard InChI is InChI=1S/C25H41N5O2/c1-25(2,3)23-27-21(19-5-4-6-19)17-22(28-23)30-15-13-29(14-16-30)12-11-18-7-9-20(10-8-18)26-24(31)32/h17-20,26H,4-16H2,1-3H3,(H,31,32)/p-1. The second-order valence-corrected chi connectivity index (χ2v) is 11.1. The molecule has 3 fully saturated rings. The molecule has 3 aliphatic rings. The number of rotatable bonds is 6. The number of aromatic nitrogens is 2. The average molecular weight is 443 g/mol. The quantitative estimate of drug-likeness (QED) is 0.729. The van der Waals surface area contributed by atoms with Crippen LogP contribution in [0.15, 0.2) is 6.07 Å². The van der Waals surface area contributed by atoms with E-state index in [0.717, 1.165) is 70.0 Å². The Bertz CT molecular complexity index is 773. The summed E-state index contributed by atoms with van der Waals surface area (Å²) in [6.45, 7) is 12.0. The molecule has 1 amide bonds. The van der Waals surface area contributed by atoms with Gasteiger partial charge in [0, 0.05) is 55.3 Å². The Morgan fingerprint density at radius 3 is 2.31 bits per heavy atom. The highest BCUT2D eigenvalue weighted by Crippen LogP contribution is 2.37. The van der Waals surface area contributed by atoms with Crippen LogP contribution in [0.2, 0.25) is 0 Å². The topological polar surface area (TPSA) is 84.4 Å². The van der Waals surface area contributed by atoms with Gasteiger partial charge in [-0.05, 0) is 57.4 Å². The number of amides is 1. The van der Waals surface area contributed by atoms with Crippen molar-refractivity contribution >= 4 is 11.9 Å². The molecule has 7 nitrogen and oxygen atoms in total. The Hall–Kier alpha value is -1.89. The van der Waals surface area contributed by atoms with Crippen LogP contribution in [0.3, 0.4) is 0 Å². The van der Waals surface area contributed by atoms with Gasteiger partial charge < -0.3 is 20.1 Å². The van der Waals surface area contributed by atoms with Gasteiger partial charge in [0.15, 0.2) is 0 Å². The first-order valence-corrected chi connectivity index (χ1v) is 12.6. The van der Waals surface area contributed by atoms with E-state index >= 15 is 0 Å². The van der Waals surface area contributed by atoms with E-state index in [1.807, 2.05) is 0 Å². The third kappa shape index (κ3) is 5.91. The molecule has 1 N–H and O–H groups in total. The lowest BCUT2D eigenvalue weighted by Crippen LogP contribution is -2.47. The van der Waals surface area contributed by atoms with Gasteiger partial charge in [0.2, 0.25) is 0 Å². The minimum Gasteiger partial charge on any atom is -0.530 e. The number of carbonyl (C=O) groups excluding carboxylic acids is 1. The number of piperazine rings is 1. The monoisotopic (exact) mass is 442 g/mol. The maximum atomic E-state index is 10.7. The summed E-state index contributed by atoms with van der Waals surface area (Å²) in [4.78, 5) is 25.7. The molecule has 1 aromatic heterocycles. The van der Waals surface area contributed by atoms with Crippen molar-refractivity contribution in [1.82, 2.24) is 20.2 Å². The lowest BCUT2D eigenvalue weighted by molar-refractivity contribution is -0.251. The summed E-state index contributed by atoms with van der Waals surface area (Å²) < 4.78 is 0. The Kier molecular flexibility index (Phi) is 7.23. The Labute approximate surface area is 193 Å². The first-order valence-electron chi connectivity index (χ1n) is 12.6. The summed E-state index contributed by atoms with van der Waals surface area (Å²) in [7, 11) is 0. The number of hydrogen-bond acceptors (Lipinski definition) is 6. The minimum absolute atomic E-state index is 0.0359. The summed E-state index contributed by atoms with van der Waals surface area (Å²) in [6.07, 6.45) is 8.05. The lowest BCUT2D eigenvalue weighted by atomic mass is 9.82. The molecule has 1 aliphatic heterocycles. The largest absolute Gasteiger partial charge is 0.530 e. The zero-order valence-electron chi connectivity index (χ0n) is 20.1. The summed E-state index contributed by atoms with van der Waals surface area (Å²) in [5, 5.41) is 13.2. The highest BCUT2D eigenvalue weighted by Gasteiger charge is 2.28. The molecule has 178 valence electrons. The highest BCUT2D eigenvalue weighted by molar-refractivity contribution is 5.62. The molecule has 4 rings (SSSR count). The van der Waals surface area contributed by atoms with E-state index in [4.69, 9.17) is 9.97 Å². The van der Waals surface area contributed by atoms with E-state index in [-0.39, 0.29) is 11.5 Å². The summed E-state index contributed by atoms with van der Waals surface area (Å²) in [5.74, 6) is 3.43. The van der Waals surface area contributed by atoms with Gasteiger partial charge in [-0.2, -0.15) is 0 Å². The number of nitrogens with one attached hydrogen (secondary N) is 1. The van der Waals surface area contributed by atoms with Crippen molar-refractivity contribution in [3.63, 3.8) is 0 Å². The number of carboxylic acid groups (broad SMARTS) is 1. The first kappa shape index (κ1) is 23.3. The van der Waals surface area contributed by atoms with Crippen molar-refractivity contribution in [3.05, 3.63) is 17.6 Å². The van der Waals surface area contributed by atoms with E-state index < -0.39 is 6.09 Å². The maximum absolute atomic E-state index is 10.7. The van der Waals surface area contributed by atoms with E-state index in [1.165, 1.54) is 31.4 Å². The summed E-state index contributed by atoms with van der Waals surface area (Å²) >= 11 is 0. The van der Waals surface area contributed by atoms with Gasteiger partial charge in [0.25, 0.3) is 0 Å². The van der Waals surface area contributed by atoms with E-state index in [2.05, 4.69) is 42.0 Å². The molecule has 0 bridgehead atoms. The van der Waals surface area contributed by atoms with Crippen molar-refractivity contribution in [2.75, 3.05) is 37.6 Å². The van der Waals surface area contributed by atoms with E-state index in [1.54, 1.807) is 0 Å². The van der Waals surface area contributed by atoms with Crippen LogP contribution in [-0.2, 0) is 5.41 Å². The molecule has 2 saturated carbocycles. The van der Waals surface area contributed by atoms with Crippen LogP contribution in [-0.4, -0.2) is 59.7 Å². The highest BCUT2D eigenvalue weighted by atomic mass is 16.4. The number of hydrogen-bond donors (Lipinski definition) is 1. The zero-order valence-corrected chi connectivity index (χ0v) is 20.1. The van der Waals surface area contributed by atoms with Crippen LogP contribution in [0.25, 0.3) is 0 Å². The van der Waals surface area contributed by atoms with Gasteiger partial charge in [-0.15, -0.1) is 0 Å². The molecule has 1 saturated heterocycles. The molecule has 2 heterocycles. The van der Waals surface area contributed by atoms with Gasteiger partial charge in [-0.25, -0.2) is 9.97 Å². The zero-order chi connectivity index (χ0) is 22.7. The Balaban J connectivity index is 1.27. The van der Waals surface area contributed by atoms with Crippen molar-refractivity contribution < 1.29 is 9.90 Å². The fourth-order valence-electron chi connectivity index (χ4n) is 5.19. The molecule has 7 heteroatoms. The number of anilines is 1. The van der Waals surface area contributed by atoms with E-state index in [9.17, 15) is 9.90 Å². The smallest absolute Gasteiger partial charge is 0.136 e. The number of nitrogens with zero attached hydrogens (tertiary/aromatic N) is 4. The van der Waals surface area contributed by atoms with Crippen molar-refractivity contribution in [2.24, 2.45) is 5.92 Å². The van der Waals surface area contributed by atoms with Gasteiger partial charge >= 0.3 is 0 Å². The Morgan fingerprint density at radius 2 is 1.75 bits per heavy atom. The molecule has 0 spiro atoms. The minimum atomic E-state index is -1.13. The molecular weight excluding hydrogens is 402 g/mol. The van der Waals surface area contributed by atoms with Crippen LogP contribution in [0.1, 0.15) is 89.6 Å². The van der Waals surface area contributed by atoms with E-state index in [0.29, 0.717) is 11.8 Å².